The van der Waals surface area contributed by atoms with Gasteiger partial charge in [-0.3, -0.25) is 10.1 Å². The Bertz CT molecular complexity index is 332. The summed E-state index contributed by atoms with van der Waals surface area (Å²) in [5, 5.41) is 3.30. The Kier molecular flexibility index (Phi) is 5.37. The molecule has 0 spiro atoms. The van der Waals surface area contributed by atoms with Crippen LogP contribution in [0.2, 0.25) is 0 Å². The lowest BCUT2D eigenvalue weighted by molar-refractivity contribution is -0.121. The molecule has 0 aliphatic heterocycles. The number of nitrogens with one attached hydrogen (secondary N) is 1. The van der Waals surface area contributed by atoms with E-state index in [-0.39, 0.29) is 12.5 Å². The van der Waals surface area contributed by atoms with Gasteiger partial charge >= 0.3 is 0 Å². The minimum Gasteiger partial charge on any atom is -0.382 e. The second kappa shape index (κ2) is 6.57. The number of rotatable bonds is 6. The molecule has 0 unspecified atom stereocenters. The van der Waals surface area contributed by atoms with E-state index < -0.39 is 0 Å². The van der Waals surface area contributed by atoms with E-state index in [2.05, 4.69) is 10.3 Å². The lowest BCUT2D eigenvalue weighted by Gasteiger charge is -2.02. The molecule has 0 aliphatic carbocycles. The van der Waals surface area contributed by atoms with Gasteiger partial charge < -0.3 is 9.47 Å². The molecule has 16 heavy (non-hydrogen) atoms. The summed E-state index contributed by atoms with van der Waals surface area (Å²) >= 11 is 1.46. The van der Waals surface area contributed by atoms with Crippen molar-refractivity contribution >= 4 is 22.4 Å². The van der Waals surface area contributed by atoms with E-state index >= 15 is 0 Å². The number of aromatic nitrogens is 1. The first-order valence-corrected chi connectivity index (χ1v) is 5.75. The molecular weight excluding hydrogens is 228 g/mol. The maximum Gasteiger partial charge on any atom is 0.252 e. The SMILES string of the molecule is COCCOCC(=O)Nc1nc(C)c(C)s1. The molecule has 1 N–H and O–H groups in total. The van der Waals surface area contributed by atoms with Crippen molar-refractivity contribution in [2.24, 2.45) is 0 Å². The van der Waals surface area contributed by atoms with Gasteiger partial charge in [-0.25, -0.2) is 4.98 Å². The first kappa shape index (κ1) is 13.1. The lowest BCUT2D eigenvalue weighted by Crippen LogP contribution is -2.19. The van der Waals surface area contributed by atoms with Crippen molar-refractivity contribution < 1.29 is 14.3 Å². The first-order valence-electron chi connectivity index (χ1n) is 4.94. The number of hydrogen-bond donors (Lipinski definition) is 1. The van der Waals surface area contributed by atoms with E-state index in [4.69, 9.17) is 9.47 Å². The van der Waals surface area contributed by atoms with E-state index in [1.54, 1.807) is 7.11 Å². The van der Waals surface area contributed by atoms with Crippen LogP contribution in [-0.2, 0) is 14.3 Å². The highest BCUT2D eigenvalue weighted by Crippen LogP contribution is 2.20. The predicted octanol–water partition coefficient (Wildman–Crippen LogP) is 1.36. The first-order chi connectivity index (χ1) is 7.63. The normalized spacial score (nSPS) is 10.4. The maximum absolute atomic E-state index is 11.4. The van der Waals surface area contributed by atoms with Gasteiger partial charge in [0.25, 0.3) is 5.91 Å². The molecule has 0 bridgehead atoms. The third-order valence-electron chi connectivity index (χ3n) is 1.94. The fourth-order valence-electron chi connectivity index (χ4n) is 0.989. The summed E-state index contributed by atoms with van der Waals surface area (Å²) in [5.74, 6) is -0.190. The Balaban J connectivity index is 2.28. The Hall–Kier alpha value is -0.980. The third kappa shape index (κ3) is 4.26. The van der Waals surface area contributed by atoms with Crippen molar-refractivity contribution in [1.29, 1.82) is 0 Å². The number of ether oxygens (including phenoxy) is 2. The van der Waals surface area contributed by atoms with Crippen LogP contribution in [-0.4, -0.2) is 37.8 Å². The lowest BCUT2D eigenvalue weighted by atomic mass is 10.4. The fourth-order valence-corrected chi connectivity index (χ4v) is 1.82. The van der Waals surface area contributed by atoms with Gasteiger partial charge in [-0.05, 0) is 13.8 Å². The van der Waals surface area contributed by atoms with Crippen LogP contribution < -0.4 is 5.32 Å². The number of nitrogens with zero attached hydrogens (tertiary/aromatic N) is 1. The van der Waals surface area contributed by atoms with Gasteiger partial charge in [0, 0.05) is 12.0 Å². The van der Waals surface area contributed by atoms with E-state index in [1.807, 2.05) is 13.8 Å². The van der Waals surface area contributed by atoms with E-state index in [0.717, 1.165) is 10.6 Å². The number of amides is 1. The highest BCUT2D eigenvalue weighted by atomic mass is 32.1. The summed E-state index contributed by atoms with van der Waals surface area (Å²) < 4.78 is 9.88. The number of carbonyl (C=O) groups excluding carboxylic acids is 1. The Morgan fingerprint density at radius 1 is 1.44 bits per heavy atom. The molecule has 1 amide bonds. The monoisotopic (exact) mass is 244 g/mol. The zero-order valence-corrected chi connectivity index (χ0v) is 10.5. The number of aryl methyl sites for hydroxylation is 2. The number of thiazole rings is 1. The second-order valence-electron chi connectivity index (χ2n) is 3.25. The van der Waals surface area contributed by atoms with Crippen molar-refractivity contribution in [2.45, 2.75) is 13.8 Å². The Morgan fingerprint density at radius 2 is 2.19 bits per heavy atom. The van der Waals surface area contributed by atoms with Crippen LogP contribution in [0.5, 0.6) is 0 Å². The van der Waals surface area contributed by atoms with Gasteiger partial charge in [0.15, 0.2) is 5.13 Å². The van der Waals surface area contributed by atoms with Crippen molar-refractivity contribution in [3.8, 4) is 0 Å². The fraction of sp³-hybridized carbons (Fsp3) is 0.600. The molecular formula is C10H16N2O3S. The largest absolute Gasteiger partial charge is 0.382 e. The molecule has 0 saturated heterocycles. The van der Waals surface area contributed by atoms with Crippen LogP contribution in [0.3, 0.4) is 0 Å². The highest BCUT2D eigenvalue weighted by molar-refractivity contribution is 7.15. The quantitative estimate of drug-likeness (QED) is 0.768. The summed E-state index contributed by atoms with van der Waals surface area (Å²) in [6.45, 7) is 4.82. The number of hydrogen-bond acceptors (Lipinski definition) is 5. The van der Waals surface area contributed by atoms with Crippen molar-refractivity contribution in [3.05, 3.63) is 10.6 Å². The molecule has 1 rings (SSSR count). The molecule has 0 aliphatic rings. The van der Waals surface area contributed by atoms with Gasteiger partial charge in [0.2, 0.25) is 0 Å². The molecule has 0 atom stereocenters. The molecule has 0 aromatic carbocycles. The summed E-state index contributed by atoms with van der Waals surface area (Å²) in [7, 11) is 1.59. The van der Waals surface area contributed by atoms with Crippen LogP contribution in [0.25, 0.3) is 0 Å². The molecule has 0 saturated carbocycles. The van der Waals surface area contributed by atoms with Gasteiger partial charge in [-0.15, -0.1) is 11.3 Å². The average molecular weight is 244 g/mol. The van der Waals surface area contributed by atoms with Crippen LogP contribution >= 0.6 is 11.3 Å². The molecule has 1 aromatic heterocycles. The van der Waals surface area contributed by atoms with Gasteiger partial charge in [0.05, 0.1) is 18.9 Å². The van der Waals surface area contributed by atoms with Crippen LogP contribution in [0.15, 0.2) is 0 Å². The molecule has 5 nitrogen and oxygen atoms in total. The molecule has 6 heteroatoms. The molecule has 1 aromatic rings. The van der Waals surface area contributed by atoms with Crippen molar-refractivity contribution in [3.63, 3.8) is 0 Å². The smallest absolute Gasteiger partial charge is 0.252 e. The molecule has 90 valence electrons. The summed E-state index contributed by atoms with van der Waals surface area (Å²) in [6.07, 6.45) is 0. The number of carbonyl (C=O) groups is 1. The van der Waals surface area contributed by atoms with Gasteiger partial charge in [0.1, 0.15) is 6.61 Å². The van der Waals surface area contributed by atoms with Crippen LogP contribution in [0, 0.1) is 13.8 Å². The molecule has 0 fully saturated rings. The summed E-state index contributed by atoms with van der Waals surface area (Å²) in [6, 6.07) is 0. The van der Waals surface area contributed by atoms with Crippen LogP contribution in [0.4, 0.5) is 5.13 Å². The minimum absolute atomic E-state index is 0.0288. The van der Waals surface area contributed by atoms with Crippen LogP contribution in [0.1, 0.15) is 10.6 Å². The Morgan fingerprint density at radius 3 is 2.75 bits per heavy atom. The molecule has 0 radical (unpaired) electrons. The molecule has 1 heterocycles. The van der Waals surface area contributed by atoms with E-state index in [1.165, 1.54) is 11.3 Å². The van der Waals surface area contributed by atoms with Gasteiger partial charge in [-0.2, -0.15) is 0 Å². The highest BCUT2D eigenvalue weighted by Gasteiger charge is 2.07. The number of methoxy groups -OCH3 is 1. The van der Waals surface area contributed by atoms with Crippen molar-refractivity contribution in [1.82, 2.24) is 4.98 Å². The van der Waals surface area contributed by atoms with E-state index in [9.17, 15) is 4.79 Å². The standard InChI is InChI=1S/C10H16N2O3S/c1-7-8(2)16-10(11-7)12-9(13)6-15-5-4-14-3/h4-6H2,1-3H3,(H,11,12,13). The second-order valence-corrected chi connectivity index (χ2v) is 4.46. The average Bonchev–Trinajstić information content (AvgIpc) is 2.53. The number of anilines is 1. The maximum atomic E-state index is 11.4. The van der Waals surface area contributed by atoms with E-state index in [0.29, 0.717) is 18.3 Å². The minimum atomic E-state index is -0.190. The summed E-state index contributed by atoms with van der Waals surface area (Å²) in [4.78, 5) is 16.7. The predicted molar refractivity (Wildman–Crippen MR) is 62.9 cm³/mol. The van der Waals surface area contributed by atoms with Crippen molar-refractivity contribution in [2.75, 3.05) is 32.2 Å². The topological polar surface area (TPSA) is 60.5 Å². The third-order valence-corrected chi connectivity index (χ3v) is 2.93. The Labute approximate surface area is 98.8 Å². The zero-order valence-electron chi connectivity index (χ0n) is 9.70. The zero-order chi connectivity index (χ0) is 12.0. The van der Waals surface area contributed by atoms with Gasteiger partial charge in [-0.1, -0.05) is 0 Å². The summed E-state index contributed by atoms with van der Waals surface area (Å²) in [5.41, 5.74) is 0.945.